The first kappa shape index (κ1) is 12.8. The number of carbonyl (C=O) groups is 1. The number of nitrogens with two attached hydrogens (primary N) is 1. The molecule has 0 aromatic heterocycles. The fourth-order valence-electron chi connectivity index (χ4n) is 2.63. The molecule has 96 valence electrons. The molecule has 1 amide bonds. The molecule has 0 spiro atoms. The number of hydrogen-bond acceptors (Lipinski definition) is 3. The minimum Gasteiger partial charge on any atom is -0.392 e. The summed E-state index contributed by atoms with van der Waals surface area (Å²) in [6.07, 6.45) is 2.73. The summed E-state index contributed by atoms with van der Waals surface area (Å²) in [6, 6.07) is 0.413. The fourth-order valence-corrected chi connectivity index (χ4v) is 2.92. The van der Waals surface area contributed by atoms with E-state index in [9.17, 15) is 4.79 Å². The molecule has 2 N–H and O–H groups in total. The van der Waals surface area contributed by atoms with E-state index >= 15 is 0 Å². The summed E-state index contributed by atoms with van der Waals surface area (Å²) >= 11 is 5.10. The first-order chi connectivity index (χ1) is 7.97. The van der Waals surface area contributed by atoms with Gasteiger partial charge in [0.2, 0.25) is 5.91 Å². The van der Waals surface area contributed by atoms with Crippen LogP contribution in [-0.2, 0) is 4.79 Å². The predicted octanol–water partition coefficient (Wildman–Crippen LogP) is 0.605. The second kappa shape index (κ2) is 4.53. The highest BCUT2D eigenvalue weighted by Gasteiger charge is 2.49. The second-order valence-electron chi connectivity index (χ2n) is 5.38. The third-order valence-electron chi connectivity index (χ3n) is 4.34. The Kier molecular flexibility index (Phi) is 3.41. The third-order valence-corrected chi connectivity index (χ3v) is 4.73. The first-order valence-corrected chi connectivity index (χ1v) is 6.68. The maximum atomic E-state index is 12.5. The van der Waals surface area contributed by atoms with Crippen LogP contribution in [0, 0.1) is 5.41 Å². The van der Waals surface area contributed by atoms with Gasteiger partial charge in [0.25, 0.3) is 0 Å². The molecule has 2 fully saturated rings. The lowest BCUT2D eigenvalue weighted by Crippen LogP contribution is -2.60. The van der Waals surface area contributed by atoms with Crippen LogP contribution in [0.5, 0.6) is 0 Å². The molecule has 1 atom stereocenters. The van der Waals surface area contributed by atoms with Crippen LogP contribution >= 0.6 is 12.2 Å². The number of carbonyl (C=O) groups excluding carboxylic acids is 1. The molecule has 4 nitrogen and oxygen atoms in total. The van der Waals surface area contributed by atoms with Gasteiger partial charge >= 0.3 is 0 Å². The van der Waals surface area contributed by atoms with E-state index in [2.05, 4.69) is 18.9 Å². The molecular formula is C12H21N3OS. The second-order valence-corrected chi connectivity index (χ2v) is 5.82. The Morgan fingerprint density at radius 2 is 2.06 bits per heavy atom. The summed E-state index contributed by atoms with van der Waals surface area (Å²) in [7, 11) is 2.10. The lowest BCUT2D eigenvalue weighted by molar-refractivity contribution is -0.144. The van der Waals surface area contributed by atoms with Crippen molar-refractivity contribution in [3.8, 4) is 0 Å². The summed E-state index contributed by atoms with van der Waals surface area (Å²) in [4.78, 5) is 17.1. The van der Waals surface area contributed by atoms with E-state index in [1.165, 1.54) is 0 Å². The SMILES string of the molecule is CC1CN(C(=O)C2(C(N)=S)CCC2)CCN1C. The Hall–Kier alpha value is -0.680. The number of hydrogen-bond donors (Lipinski definition) is 1. The average molecular weight is 255 g/mol. The van der Waals surface area contributed by atoms with E-state index in [4.69, 9.17) is 18.0 Å². The van der Waals surface area contributed by atoms with Crippen molar-refractivity contribution in [3.05, 3.63) is 0 Å². The molecule has 1 heterocycles. The largest absolute Gasteiger partial charge is 0.392 e. The summed E-state index contributed by atoms with van der Waals surface area (Å²) in [6.45, 7) is 4.66. The zero-order chi connectivity index (χ0) is 12.6. The maximum absolute atomic E-state index is 12.5. The molecule has 1 aliphatic heterocycles. The van der Waals surface area contributed by atoms with E-state index < -0.39 is 5.41 Å². The van der Waals surface area contributed by atoms with Gasteiger partial charge in [-0.3, -0.25) is 4.79 Å². The number of amides is 1. The minimum absolute atomic E-state index is 0.163. The Labute approximate surface area is 108 Å². The third kappa shape index (κ3) is 2.06. The van der Waals surface area contributed by atoms with Gasteiger partial charge in [-0.1, -0.05) is 18.6 Å². The molecule has 1 saturated carbocycles. The molecule has 0 aromatic carbocycles. The highest BCUT2D eigenvalue weighted by Crippen LogP contribution is 2.43. The van der Waals surface area contributed by atoms with E-state index in [-0.39, 0.29) is 5.91 Å². The monoisotopic (exact) mass is 255 g/mol. The van der Waals surface area contributed by atoms with Gasteiger partial charge in [0, 0.05) is 25.7 Å². The Morgan fingerprint density at radius 3 is 2.47 bits per heavy atom. The Bertz CT molecular complexity index is 341. The van der Waals surface area contributed by atoms with Gasteiger partial charge in [-0.25, -0.2) is 0 Å². The highest BCUT2D eigenvalue weighted by molar-refractivity contribution is 7.80. The minimum atomic E-state index is -0.509. The van der Waals surface area contributed by atoms with E-state index in [1.54, 1.807) is 0 Å². The molecule has 0 aromatic rings. The molecular weight excluding hydrogens is 234 g/mol. The summed E-state index contributed by atoms with van der Waals surface area (Å²) in [5.41, 5.74) is 5.27. The molecule has 5 heteroatoms. The van der Waals surface area contributed by atoms with Gasteiger partial charge in [0.1, 0.15) is 0 Å². The molecule has 1 unspecified atom stereocenters. The van der Waals surface area contributed by atoms with Crippen LogP contribution in [-0.4, -0.2) is 53.4 Å². The molecule has 0 radical (unpaired) electrons. The summed E-state index contributed by atoms with van der Waals surface area (Å²) in [5.74, 6) is 0.163. The van der Waals surface area contributed by atoms with Gasteiger partial charge in [-0.15, -0.1) is 0 Å². The van der Waals surface area contributed by atoms with Gasteiger partial charge in [-0.2, -0.15) is 0 Å². The van der Waals surface area contributed by atoms with Crippen molar-refractivity contribution in [2.24, 2.45) is 11.1 Å². The van der Waals surface area contributed by atoms with Gasteiger partial charge in [-0.05, 0) is 26.8 Å². The summed E-state index contributed by atoms with van der Waals surface area (Å²) in [5, 5.41) is 0. The Morgan fingerprint density at radius 1 is 1.41 bits per heavy atom. The van der Waals surface area contributed by atoms with Crippen molar-refractivity contribution in [2.45, 2.75) is 32.2 Å². The van der Waals surface area contributed by atoms with Crippen LogP contribution < -0.4 is 5.73 Å². The normalized spacial score (nSPS) is 28.6. The zero-order valence-electron chi connectivity index (χ0n) is 10.6. The van der Waals surface area contributed by atoms with E-state index in [0.717, 1.165) is 38.9 Å². The van der Waals surface area contributed by atoms with Crippen molar-refractivity contribution in [3.63, 3.8) is 0 Å². The molecule has 0 bridgehead atoms. The van der Waals surface area contributed by atoms with Crippen molar-refractivity contribution >= 4 is 23.1 Å². The molecule has 17 heavy (non-hydrogen) atoms. The van der Waals surface area contributed by atoms with Crippen molar-refractivity contribution in [1.29, 1.82) is 0 Å². The van der Waals surface area contributed by atoms with E-state index in [1.807, 2.05) is 4.90 Å². The van der Waals surface area contributed by atoms with Crippen molar-refractivity contribution in [2.75, 3.05) is 26.7 Å². The quantitative estimate of drug-likeness (QED) is 0.734. The lowest BCUT2D eigenvalue weighted by atomic mass is 9.67. The lowest BCUT2D eigenvalue weighted by Gasteiger charge is -2.46. The first-order valence-electron chi connectivity index (χ1n) is 6.27. The standard InChI is InChI=1S/C12H21N3OS/c1-9-8-15(7-6-14(9)2)11(16)12(10(13)17)4-3-5-12/h9H,3-8H2,1-2H3,(H2,13,17). The van der Waals surface area contributed by atoms with Crippen LogP contribution in [0.3, 0.4) is 0 Å². The number of nitrogens with zero attached hydrogens (tertiary/aromatic N) is 2. The molecule has 2 rings (SSSR count). The number of piperazine rings is 1. The van der Waals surface area contributed by atoms with Crippen LogP contribution in [0.1, 0.15) is 26.2 Å². The highest BCUT2D eigenvalue weighted by atomic mass is 32.1. The maximum Gasteiger partial charge on any atom is 0.235 e. The van der Waals surface area contributed by atoms with Crippen molar-refractivity contribution in [1.82, 2.24) is 9.80 Å². The smallest absolute Gasteiger partial charge is 0.235 e. The molecule has 1 aliphatic carbocycles. The van der Waals surface area contributed by atoms with E-state index in [0.29, 0.717) is 11.0 Å². The number of likely N-dealkylation sites (N-methyl/N-ethyl adjacent to an activating group) is 1. The van der Waals surface area contributed by atoms with Crippen LogP contribution in [0.15, 0.2) is 0 Å². The van der Waals surface area contributed by atoms with Crippen molar-refractivity contribution < 1.29 is 4.79 Å². The van der Waals surface area contributed by atoms with Gasteiger partial charge in [0.15, 0.2) is 0 Å². The molecule has 2 aliphatic rings. The summed E-state index contributed by atoms with van der Waals surface area (Å²) < 4.78 is 0. The van der Waals surface area contributed by atoms with Gasteiger partial charge in [0.05, 0.1) is 10.4 Å². The average Bonchev–Trinajstić information content (AvgIpc) is 2.19. The number of rotatable bonds is 2. The molecule has 1 saturated heterocycles. The number of thiocarbonyl (C=S) groups is 1. The van der Waals surface area contributed by atoms with Crippen LogP contribution in [0.2, 0.25) is 0 Å². The Balaban J connectivity index is 2.07. The zero-order valence-corrected chi connectivity index (χ0v) is 11.4. The fraction of sp³-hybridized carbons (Fsp3) is 0.833. The topological polar surface area (TPSA) is 49.6 Å². The predicted molar refractivity (Wildman–Crippen MR) is 71.7 cm³/mol. The van der Waals surface area contributed by atoms with Crippen LogP contribution in [0.25, 0.3) is 0 Å². The van der Waals surface area contributed by atoms with Crippen LogP contribution in [0.4, 0.5) is 0 Å². The van der Waals surface area contributed by atoms with Gasteiger partial charge < -0.3 is 15.5 Å².